The van der Waals surface area contributed by atoms with Crippen molar-refractivity contribution < 1.29 is 28.9 Å². The quantitative estimate of drug-likeness (QED) is 0.119. The predicted octanol–water partition coefficient (Wildman–Crippen LogP) is 4.32. The third-order valence-corrected chi connectivity index (χ3v) is 5.70. The van der Waals surface area contributed by atoms with Crippen molar-refractivity contribution in [1.82, 2.24) is 0 Å². The van der Waals surface area contributed by atoms with Gasteiger partial charge in [-0.3, -0.25) is 10.2 Å². The Morgan fingerprint density at radius 3 is 2.41 bits per heavy atom. The fraction of sp³-hybridized carbons (Fsp3) is 0.250. The number of esters is 1. The van der Waals surface area contributed by atoms with E-state index in [2.05, 4.69) is 10.6 Å². The summed E-state index contributed by atoms with van der Waals surface area (Å²) in [6.45, 7) is 3.69. The lowest BCUT2D eigenvalue weighted by Crippen LogP contribution is -2.17. The zero-order chi connectivity index (χ0) is 28.4. The number of nitrogens with two attached hydrogens (primary N) is 1. The van der Waals surface area contributed by atoms with Crippen LogP contribution < -0.4 is 25.8 Å². The Bertz CT molecular complexity index is 1330. The molecule has 3 aromatic rings. The highest BCUT2D eigenvalue weighted by atomic mass is 35.5. The molecule has 0 unspecified atom stereocenters. The maximum Gasteiger partial charge on any atom is 0.344 e. The first kappa shape index (κ1) is 29.3. The lowest BCUT2D eigenvalue weighted by molar-refractivity contribution is -0.145. The fourth-order valence-electron chi connectivity index (χ4n) is 3.69. The third kappa shape index (κ3) is 8.10. The van der Waals surface area contributed by atoms with E-state index in [-0.39, 0.29) is 37.8 Å². The number of carbonyl (C=O) groups excluding carboxylic acids is 2. The number of ether oxygens (including phenoxy) is 3. The number of anilines is 2. The highest BCUT2D eigenvalue weighted by Crippen LogP contribution is 2.34. The van der Waals surface area contributed by atoms with Crippen molar-refractivity contribution in [3.05, 3.63) is 81.9 Å². The molecule has 6 N–H and O–H groups in total. The molecule has 0 aromatic heterocycles. The number of aliphatic hydroxyl groups excluding tert-OH is 1. The first-order valence-electron chi connectivity index (χ1n) is 12.2. The van der Waals surface area contributed by atoms with Crippen molar-refractivity contribution in [3.8, 4) is 11.5 Å². The minimum Gasteiger partial charge on any atom is -0.490 e. The van der Waals surface area contributed by atoms with Crippen LogP contribution in [0, 0.1) is 5.41 Å². The first-order valence-corrected chi connectivity index (χ1v) is 12.6. The number of nitrogens with one attached hydrogen (secondary N) is 3. The van der Waals surface area contributed by atoms with Crippen LogP contribution in [0.3, 0.4) is 0 Å². The van der Waals surface area contributed by atoms with E-state index >= 15 is 0 Å². The molecule has 0 saturated heterocycles. The number of hydrogen-bond acceptors (Lipinski definition) is 8. The van der Waals surface area contributed by atoms with Crippen molar-refractivity contribution in [2.75, 3.05) is 30.5 Å². The zero-order valence-corrected chi connectivity index (χ0v) is 22.4. The summed E-state index contributed by atoms with van der Waals surface area (Å²) in [5.41, 5.74) is 8.50. The molecule has 3 aromatic carbocycles. The van der Waals surface area contributed by atoms with Crippen molar-refractivity contribution in [1.29, 1.82) is 5.41 Å². The Hall–Kier alpha value is -4.28. The summed E-state index contributed by atoms with van der Waals surface area (Å²) in [5.74, 6) is -0.322. The Balaban J connectivity index is 1.87. The van der Waals surface area contributed by atoms with Gasteiger partial charge in [0.2, 0.25) is 0 Å². The van der Waals surface area contributed by atoms with E-state index in [9.17, 15) is 14.7 Å². The molecule has 0 saturated carbocycles. The van der Waals surface area contributed by atoms with Gasteiger partial charge in [-0.25, -0.2) is 4.79 Å². The van der Waals surface area contributed by atoms with Crippen LogP contribution in [-0.2, 0) is 22.7 Å². The van der Waals surface area contributed by atoms with Crippen molar-refractivity contribution in [3.63, 3.8) is 0 Å². The minimum absolute atomic E-state index is 0.0717. The second-order valence-corrected chi connectivity index (χ2v) is 8.69. The number of nitrogen functional groups attached to an aromatic ring is 1. The number of benzene rings is 3. The van der Waals surface area contributed by atoms with Crippen molar-refractivity contribution in [2.24, 2.45) is 5.73 Å². The summed E-state index contributed by atoms with van der Waals surface area (Å²) >= 11 is 6.20. The van der Waals surface area contributed by atoms with E-state index in [0.29, 0.717) is 51.2 Å². The molecule has 11 heteroatoms. The van der Waals surface area contributed by atoms with Crippen LogP contribution in [0.2, 0.25) is 5.02 Å². The molecule has 206 valence electrons. The molecule has 10 nitrogen and oxygen atoms in total. The molecule has 0 atom stereocenters. The Labute approximate surface area is 231 Å². The number of rotatable bonds is 13. The van der Waals surface area contributed by atoms with Gasteiger partial charge in [0, 0.05) is 34.1 Å². The third-order valence-electron chi connectivity index (χ3n) is 5.46. The van der Waals surface area contributed by atoms with Gasteiger partial charge in [-0.05, 0) is 74.0 Å². The van der Waals surface area contributed by atoms with Crippen LogP contribution in [0.25, 0.3) is 0 Å². The van der Waals surface area contributed by atoms with Gasteiger partial charge in [-0.15, -0.1) is 0 Å². The van der Waals surface area contributed by atoms with Gasteiger partial charge in [-0.1, -0.05) is 11.6 Å². The highest BCUT2D eigenvalue weighted by Gasteiger charge is 2.18. The molecular formula is C28H31ClN4O6. The van der Waals surface area contributed by atoms with Crippen molar-refractivity contribution in [2.45, 2.75) is 27.0 Å². The van der Waals surface area contributed by atoms with Gasteiger partial charge in [0.1, 0.15) is 5.84 Å². The second kappa shape index (κ2) is 14.0. The number of carbonyl (C=O) groups is 2. The Morgan fingerprint density at radius 2 is 1.77 bits per heavy atom. The zero-order valence-electron chi connectivity index (χ0n) is 21.7. The minimum atomic E-state index is -0.530. The van der Waals surface area contributed by atoms with E-state index in [1.165, 1.54) is 6.07 Å². The Morgan fingerprint density at radius 1 is 1.03 bits per heavy atom. The van der Waals surface area contributed by atoms with E-state index < -0.39 is 11.9 Å². The van der Waals surface area contributed by atoms with Crippen LogP contribution in [-0.4, -0.2) is 42.6 Å². The van der Waals surface area contributed by atoms with Gasteiger partial charge in [0.25, 0.3) is 5.91 Å². The number of amidine groups is 1. The standard InChI is InChI=1S/C28H31ClN4O6/c1-3-37-24-12-17(15-34)11-19(26(24)39-16-25(35)38-4-2)14-32-23-10-7-20(29)13-22(23)28(36)33-21-8-5-18(6-9-21)27(30)31/h5-13,32,34H,3-4,14-16H2,1-2H3,(H3,30,31)(H,33,36). The summed E-state index contributed by atoms with van der Waals surface area (Å²) < 4.78 is 16.5. The molecule has 0 spiro atoms. The van der Waals surface area contributed by atoms with Gasteiger partial charge >= 0.3 is 5.97 Å². The predicted molar refractivity (Wildman–Crippen MR) is 150 cm³/mol. The molecule has 0 aliphatic carbocycles. The summed E-state index contributed by atoms with van der Waals surface area (Å²) in [7, 11) is 0. The topological polar surface area (TPSA) is 156 Å². The lowest BCUT2D eigenvalue weighted by atomic mass is 10.1. The summed E-state index contributed by atoms with van der Waals surface area (Å²) in [4.78, 5) is 25.1. The van der Waals surface area contributed by atoms with E-state index in [4.69, 9.17) is 37.0 Å². The lowest BCUT2D eigenvalue weighted by Gasteiger charge is -2.19. The van der Waals surface area contributed by atoms with Gasteiger partial charge in [0.15, 0.2) is 18.1 Å². The van der Waals surface area contributed by atoms with Crippen LogP contribution >= 0.6 is 11.6 Å². The number of hydrogen-bond donors (Lipinski definition) is 5. The Kier molecular flexibility index (Phi) is 10.5. The van der Waals surface area contributed by atoms with Gasteiger partial charge in [0.05, 0.1) is 25.4 Å². The monoisotopic (exact) mass is 554 g/mol. The fourth-order valence-corrected chi connectivity index (χ4v) is 3.86. The number of amides is 1. The average Bonchev–Trinajstić information content (AvgIpc) is 2.92. The van der Waals surface area contributed by atoms with Crippen LogP contribution in [0.1, 0.15) is 40.9 Å². The van der Waals surface area contributed by atoms with Crippen LogP contribution in [0.4, 0.5) is 11.4 Å². The van der Waals surface area contributed by atoms with Crippen LogP contribution in [0.15, 0.2) is 54.6 Å². The molecule has 0 radical (unpaired) electrons. The summed E-state index contributed by atoms with van der Waals surface area (Å²) in [5, 5.41) is 23.7. The summed E-state index contributed by atoms with van der Waals surface area (Å²) in [6.07, 6.45) is 0. The van der Waals surface area contributed by atoms with E-state index in [0.717, 1.165) is 0 Å². The van der Waals surface area contributed by atoms with E-state index in [1.54, 1.807) is 55.5 Å². The first-order chi connectivity index (χ1) is 18.7. The summed E-state index contributed by atoms with van der Waals surface area (Å²) in [6, 6.07) is 14.8. The van der Waals surface area contributed by atoms with E-state index in [1.807, 2.05) is 6.92 Å². The molecule has 0 heterocycles. The molecule has 0 aliphatic heterocycles. The second-order valence-electron chi connectivity index (χ2n) is 8.26. The largest absolute Gasteiger partial charge is 0.490 e. The van der Waals surface area contributed by atoms with Crippen molar-refractivity contribution >= 4 is 40.7 Å². The SMILES string of the molecule is CCOC(=O)COc1c(CNc2ccc(Cl)cc2C(=O)Nc2ccc(C(=N)N)cc2)cc(CO)cc1OCC. The normalized spacial score (nSPS) is 10.5. The van der Waals surface area contributed by atoms with Gasteiger partial charge < -0.3 is 35.7 Å². The molecule has 0 aliphatic rings. The maximum absolute atomic E-state index is 13.2. The molecule has 1 amide bonds. The number of halogens is 1. The van der Waals surface area contributed by atoms with Gasteiger partial charge in [-0.2, -0.15) is 0 Å². The highest BCUT2D eigenvalue weighted by molar-refractivity contribution is 6.31. The number of aliphatic hydroxyl groups is 1. The van der Waals surface area contributed by atoms with Crippen LogP contribution in [0.5, 0.6) is 11.5 Å². The molecule has 3 rings (SSSR count). The molecule has 39 heavy (non-hydrogen) atoms. The molecule has 0 bridgehead atoms. The average molecular weight is 555 g/mol. The smallest absolute Gasteiger partial charge is 0.344 e. The molecule has 0 fully saturated rings. The molecular weight excluding hydrogens is 524 g/mol. The maximum atomic E-state index is 13.2.